The molecule has 4 N–H and O–H groups in total. The molecule has 0 aliphatic carbocycles. The number of nitrogens with one attached hydrogen (secondary N) is 2. The first-order valence-corrected chi connectivity index (χ1v) is 44.5. The van der Waals surface area contributed by atoms with E-state index >= 15 is 0 Å². The van der Waals surface area contributed by atoms with Crippen molar-refractivity contribution in [1.82, 2.24) is 0 Å². The number of nitrogens with zero attached hydrogens (tertiary/aromatic N) is 10. The van der Waals surface area contributed by atoms with Crippen molar-refractivity contribution < 1.29 is 9.13 Å². The monoisotopic (exact) mass is 1780 g/mol. The van der Waals surface area contributed by atoms with Crippen LogP contribution in [0.1, 0.15) is 130 Å². The number of para-hydroxylation sites is 1. The largest absolute Gasteiger partial charge is 0.397 e. The Hall–Kier alpha value is -11.5. The summed E-state index contributed by atoms with van der Waals surface area (Å²) >= 11 is 35.1. The lowest BCUT2D eigenvalue weighted by atomic mass is 10.0. The van der Waals surface area contributed by atoms with E-state index < -0.39 is 0 Å². The van der Waals surface area contributed by atoms with E-state index in [1.54, 1.807) is 54.6 Å². The number of rotatable bonds is 32. The zero-order chi connectivity index (χ0) is 86.8. The first kappa shape index (κ1) is 98.9. The minimum atomic E-state index is 0. The summed E-state index contributed by atoms with van der Waals surface area (Å²) in [7, 11) is 0. The maximum Gasteiger partial charge on any atom is 0.356 e. The van der Waals surface area contributed by atoms with E-state index in [0.717, 1.165) is 103 Å². The number of hydrogen-bond acceptors (Lipinski definition) is 11. The highest BCUT2D eigenvalue weighted by Gasteiger charge is 2.18. The lowest BCUT2D eigenvalue weighted by Crippen LogP contribution is -2.32. The van der Waals surface area contributed by atoms with Gasteiger partial charge in [-0.2, -0.15) is 19.4 Å². The van der Waals surface area contributed by atoms with Gasteiger partial charge in [0.25, 0.3) is 0 Å². The van der Waals surface area contributed by atoms with Gasteiger partial charge in [-0.25, -0.2) is 0 Å². The summed E-state index contributed by atoms with van der Waals surface area (Å²) in [4.78, 5) is 4.68. The molecule has 0 fully saturated rings. The number of unbranched alkanes of at least 4 members (excludes halogenated alkanes) is 6. The van der Waals surface area contributed by atoms with Crippen LogP contribution in [-0.2, 0) is 25.9 Å². The quantitative estimate of drug-likeness (QED) is 0.0167. The van der Waals surface area contributed by atoms with E-state index in [1.165, 1.54) is 102 Å². The maximum absolute atomic E-state index is 6.11. The van der Waals surface area contributed by atoms with Gasteiger partial charge in [0.2, 0.25) is 5.69 Å². The van der Waals surface area contributed by atoms with E-state index in [0.29, 0.717) is 47.2 Å². The van der Waals surface area contributed by atoms with Crippen LogP contribution in [-0.4, -0.2) is 26.2 Å². The highest BCUT2D eigenvalue weighted by molar-refractivity contribution is 6.36. The summed E-state index contributed by atoms with van der Waals surface area (Å²) in [5, 5.41) is 36.1. The Balaban J connectivity index is 0.000000241. The van der Waals surface area contributed by atoms with Crippen LogP contribution in [0.25, 0.3) is 33.6 Å². The summed E-state index contributed by atoms with van der Waals surface area (Å²) in [5.41, 5.74) is 26.2. The fourth-order valence-electron chi connectivity index (χ4n) is 13.2. The van der Waals surface area contributed by atoms with Crippen molar-refractivity contribution >= 4 is 132 Å². The lowest BCUT2D eigenvalue weighted by Gasteiger charge is -2.23. The molecular formula is C106H117Cl6N13+2. The van der Waals surface area contributed by atoms with Gasteiger partial charge in [-0.05, 0) is 261 Å². The average Bonchev–Trinajstić information content (AvgIpc) is 0.800. The summed E-state index contributed by atoms with van der Waals surface area (Å²) in [5.74, 6) is 0.760. The normalized spacial score (nSPS) is 10.7. The molecule has 12 aromatic carbocycles. The van der Waals surface area contributed by atoms with Crippen molar-refractivity contribution in [3.05, 3.63) is 386 Å². The molecule has 2 heterocycles. The topological polar surface area (TPSA) is 138 Å². The number of pyridine rings is 2. The molecule has 2 aromatic heterocycles. The number of aromatic nitrogens is 2. The number of nitrogen functional groups attached to an aromatic ring is 1. The van der Waals surface area contributed by atoms with Gasteiger partial charge >= 0.3 is 5.82 Å². The predicted octanol–water partition coefficient (Wildman–Crippen LogP) is 33.5. The Bertz CT molecular complexity index is 5540. The van der Waals surface area contributed by atoms with E-state index in [1.807, 2.05) is 60.7 Å². The van der Waals surface area contributed by atoms with Crippen LogP contribution in [0.5, 0.6) is 0 Å². The summed E-state index contributed by atoms with van der Waals surface area (Å²) in [6.07, 6.45) is 19.0. The second-order valence-corrected chi connectivity index (χ2v) is 31.7. The molecule has 125 heavy (non-hydrogen) atoms. The average molecular weight is 1790 g/mol. The van der Waals surface area contributed by atoms with E-state index in [4.69, 9.17) is 85.6 Å². The van der Waals surface area contributed by atoms with Crippen LogP contribution in [0.15, 0.2) is 365 Å². The minimum Gasteiger partial charge on any atom is -0.397 e. The zero-order valence-electron chi connectivity index (χ0n) is 70.9. The molecule has 646 valence electrons. The van der Waals surface area contributed by atoms with Crippen LogP contribution >= 0.6 is 69.6 Å². The van der Waals surface area contributed by atoms with Gasteiger partial charge in [0.15, 0.2) is 12.4 Å². The van der Waals surface area contributed by atoms with Gasteiger partial charge in [0, 0.05) is 107 Å². The Labute approximate surface area is 772 Å². The molecular weight excluding hydrogens is 1670 g/mol. The van der Waals surface area contributed by atoms with Crippen molar-refractivity contribution in [1.29, 1.82) is 0 Å². The van der Waals surface area contributed by atoms with Gasteiger partial charge in [-0.15, -0.1) is 10.2 Å². The Morgan fingerprint density at radius 3 is 1.13 bits per heavy atom. The molecule has 0 saturated carbocycles. The number of nitrogens with two attached hydrogens (primary N) is 1. The van der Waals surface area contributed by atoms with Crippen molar-refractivity contribution in [3.63, 3.8) is 0 Å². The molecule has 13 nitrogen and oxygen atoms in total. The first-order valence-electron chi connectivity index (χ1n) is 42.2. The SMILES string of the molecule is C.C.CCCCCCc1ccc(-c2cc[n+](-c3ccc(-[n+]4ccc(-c5ccc(CCCCCC)cc5)cc4N=Nc4ccc(N(CC)Cc5ccccc5)cc4)cc3)cc2)cc1.CCN(Cc1ccccc1)c1ccc(N=Nc2cc(Cl)ccc2Cl)cc1.CCNc1ccc(N=Nc2cc(Cl)ccc2Cl)cc1.CCNc1ccccc1.Nc1cc(Cl)ccc1Cl. The second-order valence-electron chi connectivity index (χ2n) is 29.1. The molecule has 0 spiro atoms. The van der Waals surface area contributed by atoms with Gasteiger partial charge in [0.1, 0.15) is 22.7 Å². The third-order valence-corrected chi connectivity index (χ3v) is 21.7. The molecule has 14 aromatic rings. The van der Waals surface area contributed by atoms with Crippen LogP contribution in [0, 0.1) is 0 Å². The van der Waals surface area contributed by atoms with Crippen LogP contribution in [0.3, 0.4) is 0 Å². The maximum atomic E-state index is 6.11. The van der Waals surface area contributed by atoms with E-state index in [9.17, 15) is 0 Å². The highest BCUT2D eigenvalue weighted by Crippen LogP contribution is 2.34. The number of benzene rings is 12. The Morgan fingerprint density at radius 2 is 0.704 bits per heavy atom. The standard InChI is InChI=1S/C55H61N5.C21H19Cl2N3.C14H13Cl2N3.C8H11N.C6H5Cl2N.2CH4/c1-4-7-9-12-16-44-20-24-47(25-21-44)49-36-39-59(40-37-49)53-32-34-54(35-33-53)60-41-38-50(48-26-22-45(23-27-48)17-13-10-8-5-2)42-55(60)57-56-51-28-30-52(31-29-51)58(6-3)43-46-18-14-11-15-19-46;1-2-26(15-16-6-4-3-5-7-16)19-11-9-18(10-12-19)24-25-21-14-17(22)8-13-20(21)23;1-2-17-11-4-6-12(7-5-11)18-19-14-9-10(15)3-8-13(14)16;1-2-9-8-6-4-3-5-7-8;7-4-1-2-5(8)6(9)3-4;;/h11,14-15,18-42H,4-10,12-13,16-17,43H2,1-3H3;3-14H,2,15H2,1H3;3-9,17H,2H2,1H3;3-7,9H,2H2,1H3;1-3H,9H2;2*1H4/q+2;;;;;;. The molecule has 19 heteroatoms. The first-order chi connectivity index (χ1) is 60.1. The fraction of sp³-hybridized carbons (Fsp3) is 0.226. The number of azo groups is 3. The summed E-state index contributed by atoms with van der Waals surface area (Å²) < 4.78 is 4.29. The fourth-order valence-corrected chi connectivity index (χ4v) is 14.1. The molecule has 14 rings (SSSR count). The van der Waals surface area contributed by atoms with Gasteiger partial charge in [0.05, 0.1) is 43.4 Å². The van der Waals surface area contributed by atoms with Gasteiger partial charge in [-0.3, -0.25) is 0 Å². The highest BCUT2D eigenvalue weighted by atomic mass is 35.5. The third kappa shape index (κ3) is 33.2. The third-order valence-electron chi connectivity index (χ3n) is 20.0. The molecule has 0 radical (unpaired) electrons. The van der Waals surface area contributed by atoms with E-state index in [-0.39, 0.29) is 14.9 Å². The zero-order valence-corrected chi connectivity index (χ0v) is 75.4. The van der Waals surface area contributed by atoms with Crippen molar-refractivity contribution in [2.24, 2.45) is 30.7 Å². The molecule has 0 unspecified atom stereocenters. The van der Waals surface area contributed by atoms with Crippen LogP contribution < -0.4 is 35.3 Å². The van der Waals surface area contributed by atoms with Gasteiger partial charge < -0.3 is 26.2 Å². The number of anilines is 5. The molecule has 0 atom stereocenters. The number of hydrogen-bond donors (Lipinski definition) is 3. The molecule has 0 bridgehead atoms. The number of halogens is 6. The molecule has 0 saturated heterocycles. The summed E-state index contributed by atoms with van der Waals surface area (Å²) in [6, 6.07) is 106. The Kier molecular flexibility index (Phi) is 42.9. The predicted molar refractivity (Wildman–Crippen MR) is 536 cm³/mol. The lowest BCUT2D eigenvalue weighted by molar-refractivity contribution is -0.596. The van der Waals surface area contributed by atoms with E-state index in [2.05, 4.69) is 310 Å². The Morgan fingerprint density at radius 1 is 0.320 bits per heavy atom. The second kappa shape index (κ2) is 54.3. The summed E-state index contributed by atoms with van der Waals surface area (Å²) in [6.45, 7) is 18.5. The van der Waals surface area contributed by atoms with Crippen LogP contribution in [0.4, 0.5) is 62.7 Å². The van der Waals surface area contributed by atoms with Crippen molar-refractivity contribution in [2.45, 2.75) is 134 Å². The minimum absolute atomic E-state index is 0. The van der Waals surface area contributed by atoms with Crippen molar-refractivity contribution in [2.75, 3.05) is 52.3 Å². The smallest absolute Gasteiger partial charge is 0.356 e. The molecule has 0 amide bonds. The number of aryl methyl sites for hydroxylation is 2. The molecule has 0 aliphatic rings. The van der Waals surface area contributed by atoms with Crippen molar-refractivity contribution in [3.8, 4) is 33.6 Å². The molecule has 0 aliphatic heterocycles. The van der Waals surface area contributed by atoms with Crippen LogP contribution in [0.2, 0.25) is 30.1 Å². The van der Waals surface area contributed by atoms with Gasteiger partial charge in [-0.1, -0.05) is 264 Å².